The molecule has 4 aromatic carbocycles. The van der Waals surface area contributed by atoms with Gasteiger partial charge in [0, 0.05) is 40.0 Å². The molecule has 0 aliphatic rings. The molecular formula is C30H24Br2N6O2. The first-order chi connectivity index (χ1) is 19.3. The molecule has 0 spiro atoms. The number of carbonyl (C=O) groups excluding carboxylic acids is 1. The Bertz CT molecular complexity index is 1770. The Morgan fingerprint density at radius 2 is 1.65 bits per heavy atom. The minimum Gasteiger partial charge on any atom is -0.378 e. The van der Waals surface area contributed by atoms with Crippen molar-refractivity contribution in [2.45, 2.75) is 0 Å². The van der Waals surface area contributed by atoms with Crippen LogP contribution in [0.25, 0.3) is 28.0 Å². The van der Waals surface area contributed by atoms with Crippen LogP contribution in [0.4, 0.5) is 16.2 Å². The number of nitrogens with one attached hydrogen (secondary N) is 2. The van der Waals surface area contributed by atoms with Crippen LogP contribution in [0.2, 0.25) is 0 Å². The summed E-state index contributed by atoms with van der Waals surface area (Å²) in [5.74, 6) is 0.507. The molecule has 1 heterocycles. The number of hydrogen-bond acceptors (Lipinski definition) is 5. The molecule has 10 heteroatoms. The molecule has 0 fully saturated rings. The first-order valence-corrected chi connectivity index (χ1v) is 13.8. The number of carbonyl (C=O) groups is 1. The molecule has 8 nitrogen and oxygen atoms in total. The lowest BCUT2D eigenvalue weighted by atomic mass is 10.1. The molecule has 5 aromatic rings. The summed E-state index contributed by atoms with van der Waals surface area (Å²) in [6.45, 7) is 0. The van der Waals surface area contributed by atoms with Crippen LogP contribution in [0.1, 0.15) is 5.56 Å². The van der Waals surface area contributed by atoms with Gasteiger partial charge in [-0.2, -0.15) is 5.10 Å². The Labute approximate surface area is 247 Å². The van der Waals surface area contributed by atoms with Crippen LogP contribution in [0, 0.1) is 0 Å². The topological polar surface area (TPSA) is 91.6 Å². The van der Waals surface area contributed by atoms with E-state index in [9.17, 15) is 9.59 Å². The normalized spacial score (nSPS) is 11.1. The molecule has 0 saturated heterocycles. The number of halogens is 2. The van der Waals surface area contributed by atoms with Gasteiger partial charge < -0.3 is 10.2 Å². The number of fused-ring (bicyclic) bond motifs is 1. The summed E-state index contributed by atoms with van der Waals surface area (Å²) < 4.78 is 3.06. The van der Waals surface area contributed by atoms with Crippen LogP contribution in [0.3, 0.4) is 0 Å². The van der Waals surface area contributed by atoms with E-state index in [1.54, 1.807) is 41.1 Å². The van der Waals surface area contributed by atoms with E-state index in [1.807, 2.05) is 79.7 Å². The molecule has 0 atom stereocenters. The second-order valence-corrected chi connectivity index (χ2v) is 10.9. The molecular weight excluding hydrogens is 636 g/mol. The summed E-state index contributed by atoms with van der Waals surface area (Å²) in [5.41, 5.74) is 6.72. The number of hydrazone groups is 1. The van der Waals surface area contributed by atoms with Gasteiger partial charge in [-0.1, -0.05) is 58.4 Å². The fourth-order valence-corrected chi connectivity index (χ4v) is 5.43. The number of rotatable bonds is 6. The third-order valence-corrected chi connectivity index (χ3v) is 7.16. The second kappa shape index (κ2) is 11.8. The first kappa shape index (κ1) is 27.3. The van der Waals surface area contributed by atoms with Crippen molar-refractivity contribution < 1.29 is 4.79 Å². The van der Waals surface area contributed by atoms with E-state index in [-0.39, 0.29) is 5.56 Å². The highest BCUT2D eigenvalue weighted by molar-refractivity contribution is 9.11. The molecule has 0 bridgehead atoms. The number of amides is 2. The summed E-state index contributed by atoms with van der Waals surface area (Å²) in [6.07, 6.45) is 1.57. The van der Waals surface area contributed by atoms with Gasteiger partial charge in [-0.3, -0.25) is 9.36 Å². The van der Waals surface area contributed by atoms with Gasteiger partial charge in [0.25, 0.3) is 5.56 Å². The first-order valence-electron chi connectivity index (χ1n) is 12.3. The average Bonchev–Trinajstić information content (AvgIpc) is 2.95. The quantitative estimate of drug-likeness (QED) is 0.155. The Morgan fingerprint density at radius 1 is 0.950 bits per heavy atom. The van der Waals surface area contributed by atoms with Crippen LogP contribution in [-0.4, -0.2) is 35.9 Å². The van der Waals surface area contributed by atoms with Crippen molar-refractivity contribution in [2.24, 2.45) is 5.10 Å². The largest absolute Gasteiger partial charge is 0.378 e. The van der Waals surface area contributed by atoms with Crippen molar-refractivity contribution in [2.75, 3.05) is 24.3 Å². The number of urea groups is 1. The Morgan fingerprint density at radius 3 is 2.33 bits per heavy atom. The lowest BCUT2D eigenvalue weighted by Crippen LogP contribution is -2.24. The number of aromatic nitrogens is 2. The zero-order chi connectivity index (χ0) is 28.2. The van der Waals surface area contributed by atoms with Gasteiger partial charge in [0.1, 0.15) is 5.82 Å². The zero-order valence-electron chi connectivity index (χ0n) is 21.6. The minimum absolute atomic E-state index is 0.211. The monoisotopic (exact) mass is 658 g/mol. The highest BCUT2D eigenvalue weighted by atomic mass is 79.9. The molecule has 200 valence electrons. The summed E-state index contributed by atoms with van der Waals surface area (Å²) >= 11 is 7.01. The van der Waals surface area contributed by atoms with Crippen molar-refractivity contribution in [3.8, 4) is 17.1 Å². The SMILES string of the molecule is CN(C)c1ccc(/C=N/NC(=O)Nc2ccc(-n3c(-c4ccccc4)nc4c(Br)cc(Br)cc4c3=O)cc2)cc1. The smallest absolute Gasteiger partial charge is 0.339 e. The van der Waals surface area contributed by atoms with Crippen LogP contribution in [0.15, 0.2) is 110 Å². The zero-order valence-corrected chi connectivity index (χ0v) is 24.8. The van der Waals surface area contributed by atoms with Gasteiger partial charge in [0.15, 0.2) is 0 Å². The van der Waals surface area contributed by atoms with Gasteiger partial charge >= 0.3 is 6.03 Å². The number of benzene rings is 4. The van der Waals surface area contributed by atoms with Gasteiger partial charge in [-0.25, -0.2) is 15.2 Å². The van der Waals surface area contributed by atoms with E-state index in [4.69, 9.17) is 4.98 Å². The number of anilines is 2. The van der Waals surface area contributed by atoms with E-state index < -0.39 is 6.03 Å². The highest BCUT2D eigenvalue weighted by Crippen LogP contribution is 2.29. The number of hydrogen-bond donors (Lipinski definition) is 2. The number of nitrogens with zero attached hydrogens (tertiary/aromatic N) is 4. The predicted octanol–water partition coefficient (Wildman–Crippen LogP) is 6.80. The molecule has 5 rings (SSSR count). The van der Waals surface area contributed by atoms with Crippen LogP contribution >= 0.6 is 31.9 Å². The summed E-state index contributed by atoms with van der Waals surface area (Å²) in [4.78, 5) is 33.0. The third-order valence-electron chi connectivity index (χ3n) is 6.10. The van der Waals surface area contributed by atoms with Crippen LogP contribution in [0.5, 0.6) is 0 Å². The van der Waals surface area contributed by atoms with Crippen molar-refractivity contribution in [1.29, 1.82) is 0 Å². The molecule has 0 unspecified atom stereocenters. The molecule has 2 N–H and O–H groups in total. The second-order valence-electron chi connectivity index (χ2n) is 9.08. The van der Waals surface area contributed by atoms with Crippen molar-refractivity contribution in [1.82, 2.24) is 15.0 Å². The molecule has 2 amide bonds. The highest BCUT2D eigenvalue weighted by Gasteiger charge is 2.17. The molecule has 40 heavy (non-hydrogen) atoms. The lowest BCUT2D eigenvalue weighted by Gasteiger charge is -2.15. The Balaban J connectivity index is 1.39. The maximum absolute atomic E-state index is 13.8. The van der Waals surface area contributed by atoms with Crippen LogP contribution < -0.4 is 21.2 Å². The van der Waals surface area contributed by atoms with Crippen LogP contribution in [-0.2, 0) is 0 Å². The van der Waals surface area contributed by atoms with Gasteiger partial charge in [0.05, 0.1) is 22.8 Å². The van der Waals surface area contributed by atoms with Gasteiger partial charge in [0.2, 0.25) is 0 Å². The molecule has 0 aliphatic heterocycles. The van der Waals surface area contributed by atoms with Crippen molar-refractivity contribution in [3.63, 3.8) is 0 Å². The fraction of sp³-hybridized carbons (Fsp3) is 0.0667. The van der Waals surface area contributed by atoms with Crippen molar-refractivity contribution >= 4 is 66.4 Å². The summed E-state index contributed by atoms with van der Waals surface area (Å²) in [5, 5.41) is 7.23. The maximum atomic E-state index is 13.8. The maximum Gasteiger partial charge on any atom is 0.339 e. The van der Waals surface area contributed by atoms with Crippen molar-refractivity contribution in [3.05, 3.63) is 116 Å². The third kappa shape index (κ3) is 5.98. The molecule has 0 radical (unpaired) electrons. The molecule has 0 aliphatic carbocycles. The summed E-state index contributed by atoms with van der Waals surface area (Å²) in [7, 11) is 3.94. The van der Waals surface area contributed by atoms with E-state index in [1.165, 1.54) is 0 Å². The standard InChI is InChI=1S/C30H24Br2N6O2/c1-37(2)23-12-8-19(9-13-23)18-33-36-30(40)34-22-10-14-24(15-11-22)38-28(20-6-4-3-5-7-20)35-27-25(29(38)39)16-21(31)17-26(27)32/h3-18H,1-2H3,(H2,34,36,40)/b33-18+. The fourth-order valence-electron chi connectivity index (χ4n) is 4.11. The van der Waals surface area contributed by atoms with Gasteiger partial charge in [-0.05, 0) is 70.0 Å². The Kier molecular flexibility index (Phi) is 8.09. The molecule has 1 aromatic heterocycles. The summed E-state index contributed by atoms with van der Waals surface area (Å²) in [6, 6.07) is 27.4. The van der Waals surface area contributed by atoms with E-state index in [0.29, 0.717) is 28.1 Å². The average molecular weight is 660 g/mol. The lowest BCUT2D eigenvalue weighted by molar-refractivity contribution is 0.252. The van der Waals surface area contributed by atoms with E-state index in [2.05, 4.69) is 47.7 Å². The predicted molar refractivity (Wildman–Crippen MR) is 169 cm³/mol. The molecule has 0 saturated carbocycles. The minimum atomic E-state index is -0.488. The van der Waals surface area contributed by atoms with E-state index in [0.717, 1.165) is 25.8 Å². The van der Waals surface area contributed by atoms with E-state index >= 15 is 0 Å². The Hall–Kier alpha value is -4.28. The van der Waals surface area contributed by atoms with Gasteiger partial charge in [-0.15, -0.1) is 0 Å².